The van der Waals surface area contributed by atoms with Crippen LogP contribution in [0.3, 0.4) is 0 Å². The zero-order valence-electron chi connectivity index (χ0n) is 17.6. The number of fused-ring (bicyclic) bond motifs is 5. The highest BCUT2D eigenvalue weighted by atomic mass is 19.1. The van der Waals surface area contributed by atoms with Crippen molar-refractivity contribution in [2.45, 2.75) is 12.1 Å². The van der Waals surface area contributed by atoms with Gasteiger partial charge < -0.3 is 0 Å². The van der Waals surface area contributed by atoms with E-state index in [0.29, 0.717) is 0 Å². The summed E-state index contributed by atoms with van der Waals surface area (Å²) in [5.74, 6) is -4.25. The third-order valence-electron chi connectivity index (χ3n) is 6.78. The molecule has 168 valence electrons. The molecule has 3 heterocycles. The van der Waals surface area contributed by atoms with Crippen molar-refractivity contribution < 1.29 is 23.2 Å². The Hall–Kier alpha value is -4.20. The largest absolute Gasteiger partial charge is 0.292 e. The number of halogens is 2. The topological polar surface area (TPSA) is 70.0 Å². The number of carbonyl (C=O) groups is 3. The summed E-state index contributed by atoms with van der Waals surface area (Å²) in [6, 6.07) is 15.9. The van der Waals surface area contributed by atoms with E-state index in [1.807, 2.05) is 24.3 Å². The number of carbonyl (C=O) groups excluding carboxylic acids is 3. The SMILES string of the molecule is O=C(c1ccc(F)cc1)[C@H]1[C@H]2C(=O)N(c3ccc(F)cc3)C(=O)[C@H]2[C@@H]2c3ccccc3C=NN12. The minimum atomic E-state index is -1.05. The molecule has 6 rings (SSSR count). The second kappa shape index (κ2) is 7.41. The summed E-state index contributed by atoms with van der Waals surface area (Å²) in [6.45, 7) is 0. The summed E-state index contributed by atoms with van der Waals surface area (Å²) in [6.07, 6.45) is 1.62. The lowest BCUT2D eigenvalue weighted by Crippen LogP contribution is -2.44. The molecule has 2 amide bonds. The summed E-state index contributed by atoms with van der Waals surface area (Å²) >= 11 is 0. The molecule has 0 aliphatic carbocycles. The second-order valence-corrected chi connectivity index (χ2v) is 8.55. The third-order valence-corrected chi connectivity index (χ3v) is 6.78. The molecule has 0 N–H and O–H groups in total. The zero-order valence-corrected chi connectivity index (χ0v) is 17.6. The van der Waals surface area contributed by atoms with Crippen molar-refractivity contribution in [2.75, 3.05) is 4.90 Å². The molecule has 4 atom stereocenters. The zero-order chi connectivity index (χ0) is 23.6. The molecule has 3 aliphatic rings. The van der Waals surface area contributed by atoms with E-state index < -0.39 is 53.2 Å². The first-order valence-corrected chi connectivity index (χ1v) is 10.8. The number of hydrogen-bond donors (Lipinski definition) is 0. The van der Waals surface area contributed by atoms with Gasteiger partial charge in [0.05, 0.1) is 29.8 Å². The second-order valence-electron chi connectivity index (χ2n) is 8.55. The number of imide groups is 1. The van der Waals surface area contributed by atoms with Gasteiger partial charge in [-0.15, -0.1) is 0 Å². The molecule has 0 unspecified atom stereocenters. The van der Waals surface area contributed by atoms with Crippen LogP contribution in [0, 0.1) is 23.5 Å². The summed E-state index contributed by atoms with van der Waals surface area (Å²) < 4.78 is 27.0. The lowest BCUT2D eigenvalue weighted by atomic mass is 9.83. The maximum Gasteiger partial charge on any atom is 0.240 e. The average Bonchev–Trinajstić information content (AvgIpc) is 3.32. The van der Waals surface area contributed by atoms with Crippen LogP contribution in [0.2, 0.25) is 0 Å². The Labute approximate surface area is 193 Å². The fourth-order valence-electron chi connectivity index (χ4n) is 5.30. The van der Waals surface area contributed by atoms with E-state index in [9.17, 15) is 23.2 Å². The Morgan fingerprint density at radius 3 is 2.12 bits per heavy atom. The van der Waals surface area contributed by atoms with Gasteiger partial charge in [0.1, 0.15) is 17.7 Å². The minimum absolute atomic E-state index is 0.223. The van der Waals surface area contributed by atoms with Crippen molar-refractivity contribution in [3.05, 3.63) is 101 Å². The first kappa shape index (κ1) is 20.4. The molecule has 6 nitrogen and oxygen atoms in total. The summed E-state index contributed by atoms with van der Waals surface area (Å²) in [4.78, 5) is 42.0. The van der Waals surface area contributed by atoms with E-state index in [2.05, 4.69) is 5.10 Å². The summed E-state index contributed by atoms with van der Waals surface area (Å²) in [5, 5.41) is 6.02. The summed E-state index contributed by atoms with van der Waals surface area (Å²) in [7, 11) is 0. The molecule has 3 aromatic rings. The molecule has 0 saturated carbocycles. The van der Waals surface area contributed by atoms with E-state index >= 15 is 0 Å². The van der Waals surface area contributed by atoms with Gasteiger partial charge in [0, 0.05) is 5.56 Å². The number of anilines is 1. The molecule has 2 fully saturated rings. The van der Waals surface area contributed by atoms with Crippen LogP contribution in [0.15, 0.2) is 77.9 Å². The van der Waals surface area contributed by atoms with Crippen molar-refractivity contribution in [3.63, 3.8) is 0 Å². The standard InChI is InChI=1S/C26H17F2N3O3/c27-16-7-5-14(6-8-16)24(32)23-21-20(22-19-4-2-1-3-15(19)13-29-31(22)23)25(33)30(26(21)34)18-11-9-17(28)10-12-18/h1-13,20-23H/t20-,21+,22+,23-/m1/s1. The molecular weight excluding hydrogens is 440 g/mol. The number of ketones is 1. The van der Waals surface area contributed by atoms with Crippen LogP contribution in [0.5, 0.6) is 0 Å². The Bertz CT molecular complexity index is 1370. The van der Waals surface area contributed by atoms with E-state index in [4.69, 9.17) is 0 Å². The molecule has 2 saturated heterocycles. The number of Topliss-reactive ketones (excluding diaryl/α,β-unsaturated/α-hetero) is 1. The maximum absolute atomic E-state index is 13.7. The van der Waals surface area contributed by atoms with Gasteiger partial charge in [-0.1, -0.05) is 24.3 Å². The van der Waals surface area contributed by atoms with E-state index in [0.717, 1.165) is 16.0 Å². The molecular formula is C26H17F2N3O3. The minimum Gasteiger partial charge on any atom is -0.292 e. The van der Waals surface area contributed by atoms with Crippen molar-refractivity contribution in [1.29, 1.82) is 0 Å². The van der Waals surface area contributed by atoms with Crippen molar-refractivity contribution in [3.8, 4) is 0 Å². The van der Waals surface area contributed by atoms with Gasteiger partial charge >= 0.3 is 0 Å². The molecule has 0 bridgehead atoms. The lowest BCUT2D eigenvalue weighted by Gasteiger charge is -2.33. The molecule has 0 spiro atoms. The Balaban J connectivity index is 1.49. The van der Waals surface area contributed by atoms with Crippen molar-refractivity contribution in [2.24, 2.45) is 16.9 Å². The fraction of sp³-hybridized carbons (Fsp3) is 0.154. The highest BCUT2D eigenvalue weighted by Gasteiger charge is 2.65. The predicted molar refractivity (Wildman–Crippen MR) is 119 cm³/mol. The van der Waals surface area contributed by atoms with Crippen molar-refractivity contribution in [1.82, 2.24) is 5.01 Å². The molecule has 34 heavy (non-hydrogen) atoms. The quantitative estimate of drug-likeness (QED) is 0.444. The van der Waals surface area contributed by atoms with E-state index in [1.165, 1.54) is 48.5 Å². The Morgan fingerprint density at radius 2 is 1.41 bits per heavy atom. The molecule has 0 radical (unpaired) electrons. The number of benzene rings is 3. The Kier molecular flexibility index (Phi) is 4.45. The Morgan fingerprint density at radius 1 is 0.794 bits per heavy atom. The van der Waals surface area contributed by atoms with Gasteiger partial charge in [-0.05, 0) is 59.7 Å². The highest BCUT2D eigenvalue weighted by molar-refractivity contribution is 6.24. The molecule has 0 aromatic heterocycles. The number of hydrazone groups is 1. The number of amides is 2. The van der Waals surface area contributed by atoms with Gasteiger partial charge in [-0.2, -0.15) is 5.10 Å². The number of nitrogens with zero attached hydrogens (tertiary/aromatic N) is 3. The average molecular weight is 457 g/mol. The highest BCUT2D eigenvalue weighted by Crippen LogP contribution is 2.53. The smallest absolute Gasteiger partial charge is 0.240 e. The maximum atomic E-state index is 13.7. The van der Waals surface area contributed by atoms with Gasteiger partial charge in [-0.3, -0.25) is 19.4 Å². The molecule has 3 aliphatic heterocycles. The van der Waals surface area contributed by atoms with Crippen LogP contribution >= 0.6 is 0 Å². The normalized spacial score (nSPS) is 24.8. The van der Waals surface area contributed by atoms with E-state index in [1.54, 1.807) is 11.2 Å². The predicted octanol–water partition coefficient (Wildman–Crippen LogP) is 3.73. The first-order chi connectivity index (χ1) is 16.5. The van der Waals surface area contributed by atoms with Crippen LogP contribution < -0.4 is 4.90 Å². The van der Waals surface area contributed by atoms with Crippen LogP contribution in [0.4, 0.5) is 14.5 Å². The third kappa shape index (κ3) is 2.84. The van der Waals surface area contributed by atoms with Crippen LogP contribution in [-0.2, 0) is 9.59 Å². The van der Waals surface area contributed by atoms with Gasteiger partial charge in [-0.25, -0.2) is 13.7 Å². The molecule has 8 heteroatoms. The fourth-order valence-corrected chi connectivity index (χ4v) is 5.30. The first-order valence-electron chi connectivity index (χ1n) is 10.8. The number of hydrogen-bond acceptors (Lipinski definition) is 5. The number of rotatable bonds is 3. The summed E-state index contributed by atoms with van der Waals surface area (Å²) in [5.41, 5.74) is 2.07. The monoisotopic (exact) mass is 457 g/mol. The van der Waals surface area contributed by atoms with Crippen LogP contribution in [-0.4, -0.2) is 34.9 Å². The van der Waals surface area contributed by atoms with Crippen molar-refractivity contribution >= 4 is 29.5 Å². The van der Waals surface area contributed by atoms with Gasteiger partial charge in [0.2, 0.25) is 11.8 Å². The van der Waals surface area contributed by atoms with Crippen LogP contribution in [0.1, 0.15) is 27.5 Å². The lowest BCUT2D eigenvalue weighted by molar-refractivity contribution is -0.124. The van der Waals surface area contributed by atoms with Crippen LogP contribution in [0.25, 0.3) is 0 Å². The van der Waals surface area contributed by atoms with E-state index in [-0.39, 0.29) is 11.3 Å². The van der Waals surface area contributed by atoms with Gasteiger partial charge in [0.15, 0.2) is 5.78 Å². The molecule has 3 aromatic carbocycles. The van der Waals surface area contributed by atoms with Gasteiger partial charge in [0.25, 0.3) is 0 Å².